The van der Waals surface area contributed by atoms with Crippen molar-refractivity contribution in [2.24, 2.45) is 0 Å². The second-order valence-electron chi connectivity index (χ2n) is 18.4. The predicted octanol–water partition coefficient (Wildman–Crippen LogP) is 16.1. The molecule has 3 unspecified atom stereocenters. The Labute approximate surface area is 369 Å². The van der Waals surface area contributed by atoms with E-state index in [4.69, 9.17) is 0 Å². The Bertz CT molecular complexity index is 874. The molecule has 1 amide bonds. The van der Waals surface area contributed by atoms with Crippen LogP contribution in [-0.4, -0.2) is 46.1 Å². The Morgan fingerprint density at radius 2 is 0.695 bits per heavy atom. The lowest BCUT2D eigenvalue weighted by atomic mass is 10.0. The van der Waals surface area contributed by atoms with Crippen molar-refractivity contribution < 1.29 is 20.1 Å². The van der Waals surface area contributed by atoms with E-state index in [2.05, 4.69) is 31.3 Å². The van der Waals surface area contributed by atoms with Crippen molar-refractivity contribution in [3.05, 3.63) is 24.3 Å². The van der Waals surface area contributed by atoms with Crippen LogP contribution in [0.15, 0.2) is 24.3 Å². The first kappa shape index (κ1) is 57.8. The van der Waals surface area contributed by atoms with E-state index in [-0.39, 0.29) is 6.61 Å². The molecule has 0 aliphatic carbocycles. The number of carbonyl (C=O) groups is 1. The predicted molar refractivity (Wildman–Crippen MR) is 259 cm³/mol. The van der Waals surface area contributed by atoms with Gasteiger partial charge >= 0.3 is 0 Å². The Morgan fingerprint density at radius 3 is 1.03 bits per heavy atom. The summed E-state index contributed by atoms with van der Waals surface area (Å²) in [6.07, 6.45) is 62.6. The van der Waals surface area contributed by atoms with Gasteiger partial charge in [0.05, 0.1) is 18.8 Å². The average Bonchev–Trinajstić information content (AvgIpc) is 3.24. The fraction of sp³-hybridized carbons (Fsp3) is 0.907. The molecule has 59 heavy (non-hydrogen) atoms. The van der Waals surface area contributed by atoms with Gasteiger partial charge in [-0.05, 0) is 32.1 Å². The van der Waals surface area contributed by atoms with Crippen LogP contribution in [0.5, 0.6) is 0 Å². The quantitative estimate of drug-likeness (QED) is 0.0363. The van der Waals surface area contributed by atoms with Gasteiger partial charge in [-0.15, -0.1) is 0 Å². The molecule has 3 atom stereocenters. The lowest BCUT2D eigenvalue weighted by Crippen LogP contribution is -2.48. The lowest BCUT2D eigenvalue weighted by Gasteiger charge is -2.21. The van der Waals surface area contributed by atoms with E-state index in [1.54, 1.807) is 6.08 Å². The molecule has 0 heterocycles. The third kappa shape index (κ3) is 44.7. The Kier molecular flexibility index (Phi) is 48.5. The molecule has 0 fully saturated rings. The summed E-state index contributed by atoms with van der Waals surface area (Å²) in [6, 6.07) is -0.811. The average molecular weight is 832 g/mol. The number of rotatable bonds is 49. The van der Waals surface area contributed by atoms with Gasteiger partial charge in [0, 0.05) is 0 Å². The zero-order chi connectivity index (χ0) is 43.0. The normalized spacial score (nSPS) is 13.5. The maximum atomic E-state index is 12.5. The zero-order valence-electron chi connectivity index (χ0n) is 39.9. The first-order valence-electron chi connectivity index (χ1n) is 26.7. The molecule has 0 aromatic rings. The van der Waals surface area contributed by atoms with Crippen LogP contribution in [0.1, 0.15) is 290 Å². The Balaban J connectivity index is 3.49. The summed E-state index contributed by atoms with van der Waals surface area (Å²) >= 11 is 0. The summed E-state index contributed by atoms with van der Waals surface area (Å²) in [6.45, 7) is 4.18. The van der Waals surface area contributed by atoms with Crippen molar-refractivity contribution in [1.29, 1.82) is 0 Å². The summed E-state index contributed by atoms with van der Waals surface area (Å²) in [5, 5.41) is 33.2. The highest BCUT2D eigenvalue weighted by atomic mass is 16.3. The van der Waals surface area contributed by atoms with Gasteiger partial charge in [-0.2, -0.15) is 0 Å². The van der Waals surface area contributed by atoms with E-state index in [0.29, 0.717) is 6.42 Å². The maximum absolute atomic E-state index is 12.5. The molecule has 4 N–H and O–H groups in total. The molecule has 0 spiro atoms. The van der Waals surface area contributed by atoms with Gasteiger partial charge in [0.2, 0.25) is 5.91 Å². The van der Waals surface area contributed by atoms with Crippen molar-refractivity contribution in [3.63, 3.8) is 0 Å². The molecular weight excluding hydrogens is 727 g/mol. The van der Waals surface area contributed by atoms with Crippen LogP contribution >= 0.6 is 0 Å². The van der Waals surface area contributed by atoms with Crippen molar-refractivity contribution in [3.8, 4) is 0 Å². The van der Waals surface area contributed by atoms with Gasteiger partial charge in [-0.1, -0.05) is 282 Å². The molecule has 0 aromatic carbocycles. The number of nitrogens with one attached hydrogen (secondary N) is 1. The van der Waals surface area contributed by atoms with E-state index in [9.17, 15) is 20.1 Å². The molecule has 0 rings (SSSR count). The number of allylic oxidation sites excluding steroid dienone is 3. The van der Waals surface area contributed by atoms with Crippen LogP contribution in [0.4, 0.5) is 0 Å². The summed E-state index contributed by atoms with van der Waals surface area (Å²) in [5.74, 6) is -0.509. The Hall–Kier alpha value is -1.17. The highest BCUT2D eigenvalue weighted by Gasteiger charge is 2.22. The minimum absolute atomic E-state index is 0.373. The van der Waals surface area contributed by atoms with Crippen molar-refractivity contribution in [2.75, 3.05) is 6.61 Å². The molecular formula is C54H105NO4. The van der Waals surface area contributed by atoms with E-state index in [0.717, 1.165) is 38.5 Å². The molecule has 0 radical (unpaired) electrons. The van der Waals surface area contributed by atoms with Gasteiger partial charge in [0.15, 0.2) is 0 Å². The molecule has 5 heteroatoms. The van der Waals surface area contributed by atoms with Crippen LogP contribution in [0.2, 0.25) is 0 Å². The molecule has 350 valence electrons. The van der Waals surface area contributed by atoms with E-state index >= 15 is 0 Å². The molecule has 0 aliphatic heterocycles. The summed E-state index contributed by atoms with van der Waals surface area (Å²) in [7, 11) is 0. The molecule has 0 bridgehead atoms. The van der Waals surface area contributed by atoms with Crippen molar-refractivity contribution in [1.82, 2.24) is 5.32 Å². The lowest BCUT2D eigenvalue weighted by molar-refractivity contribution is -0.131. The fourth-order valence-corrected chi connectivity index (χ4v) is 8.38. The first-order valence-corrected chi connectivity index (χ1v) is 26.7. The molecule has 0 saturated carbocycles. The van der Waals surface area contributed by atoms with Crippen LogP contribution in [0, 0.1) is 0 Å². The molecule has 0 aliphatic rings. The van der Waals surface area contributed by atoms with E-state index in [1.807, 2.05) is 6.08 Å². The van der Waals surface area contributed by atoms with Gasteiger partial charge < -0.3 is 20.6 Å². The largest absolute Gasteiger partial charge is 0.394 e. The SMILES string of the molecule is CCCCCCCCC/C=C/CC/C=C/C(O)C(CO)NC(=O)C(O)CCCCCCCCCCCCCCCCCCCCCCCCCCCCCCCCCC. The first-order chi connectivity index (χ1) is 29.1. The number of carbonyl (C=O) groups excluding carboxylic acids is 1. The molecule has 0 aromatic heterocycles. The maximum Gasteiger partial charge on any atom is 0.249 e. The summed E-state index contributed by atoms with van der Waals surface area (Å²) in [4.78, 5) is 12.5. The number of amides is 1. The molecule has 5 nitrogen and oxygen atoms in total. The Morgan fingerprint density at radius 1 is 0.407 bits per heavy atom. The van der Waals surface area contributed by atoms with Crippen molar-refractivity contribution >= 4 is 5.91 Å². The van der Waals surface area contributed by atoms with Gasteiger partial charge in [0.25, 0.3) is 0 Å². The highest BCUT2D eigenvalue weighted by Crippen LogP contribution is 2.17. The standard InChI is InChI=1S/C54H105NO4/c1-3-5-7-9-11-13-15-17-18-19-20-21-22-23-24-25-26-27-28-29-30-31-32-33-34-35-37-39-41-43-45-47-49-53(58)54(59)55-51(50-56)52(57)48-46-44-42-40-38-36-16-14-12-10-8-6-4-2/h38,40,46,48,51-53,56-58H,3-37,39,41-45,47,49-50H2,1-2H3,(H,55,59)/b40-38+,48-46+. The third-order valence-electron chi connectivity index (χ3n) is 12.5. The fourth-order valence-electron chi connectivity index (χ4n) is 8.38. The smallest absolute Gasteiger partial charge is 0.249 e. The van der Waals surface area contributed by atoms with Crippen LogP contribution < -0.4 is 5.32 Å². The minimum atomic E-state index is -1.10. The van der Waals surface area contributed by atoms with Crippen LogP contribution in [0.3, 0.4) is 0 Å². The monoisotopic (exact) mass is 832 g/mol. The van der Waals surface area contributed by atoms with Gasteiger partial charge in [-0.25, -0.2) is 0 Å². The summed E-state index contributed by atoms with van der Waals surface area (Å²) < 4.78 is 0. The van der Waals surface area contributed by atoms with E-state index < -0.39 is 24.2 Å². The second-order valence-corrected chi connectivity index (χ2v) is 18.4. The topological polar surface area (TPSA) is 89.8 Å². The van der Waals surface area contributed by atoms with Crippen molar-refractivity contribution in [2.45, 2.75) is 308 Å². The number of hydrogen-bond donors (Lipinski definition) is 4. The number of hydrogen-bond acceptors (Lipinski definition) is 4. The van der Waals surface area contributed by atoms with E-state index in [1.165, 1.54) is 231 Å². The number of aliphatic hydroxyl groups excluding tert-OH is 3. The van der Waals surface area contributed by atoms with Gasteiger partial charge in [-0.3, -0.25) is 4.79 Å². The highest BCUT2D eigenvalue weighted by molar-refractivity contribution is 5.80. The van der Waals surface area contributed by atoms with Crippen LogP contribution in [-0.2, 0) is 4.79 Å². The number of aliphatic hydroxyl groups is 3. The summed E-state index contributed by atoms with van der Waals surface area (Å²) in [5.41, 5.74) is 0. The van der Waals surface area contributed by atoms with Gasteiger partial charge in [0.1, 0.15) is 6.10 Å². The second kappa shape index (κ2) is 49.5. The minimum Gasteiger partial charge on any atom is -0.394 e. The number of unbranched alkanes of at least 4 members (excludes halogenated alkanes) is 39. The zero-order valence-corrected chi connectivity index (χ0v) is 39.9. The molecule has 0 saturated heterocycles. The third-order valence-corrected chi connectivity index (χ3v) is 12.5. The van der Waals surface area contributed by atoms with Crippen LogP contribution in [0.25, 0.3) is 0 Å².